The Morgan fingerprint density at radius 3 is 2.74 bits per heavy atom. The van der Waals surface area contributed by atoms with Gasteiger partial charge in [0.05, 0.1) is 4.90 Å². The molecule has 0 spiro atoms. The molecule has 3 N–H and O–H groups in total. The molecule has 4 nitrogen and oxygen atoms in total. The molecule has 108 valence electrons. The third kappa shape index (κ3) is 3.56. The van der Waals surface area contributed by atoms with Gasteiger partial charge in [-0.05, 0) is 37.1 Å². The number of nitrogens with two attached hydrogens (primary N) is 1. The molecule has 6 heteroatoms. The fourth-order valence-corrected chi connectivity index (χ4v) is 5.40. The number of hydrogen-bond acceptors (Lipinski definition) is 4. The molecule has 1 atom stereocenters. The highest BCUT2D eigenvalue weighted by molar-refractivity contribution is 7.89. The van der Waals surface area contributed by atoms with E-state index >= 15 is 0 Å². The van der Waals surface area contributed by atoms with Gasteiger partial charge in [-0.15, -0.1) is 11.3 Å². The van der Waals surface area contributed by atoms with Crippen molar-refractivity contribution in [1.29, 1.82) is 0 Å². The molecule has 0 aliphatic heterocycles. The first-order valence-corrected chi connectivity index (χ1v) is 9.19. The fraction of sp³-hybridized carbons (Fsp3) is 0.692. The van der Waals surface area contributed by atoms with Crippen LogP contribution in [0, 0.1) is 5.92 Å². The van der Waals surface area contributed by atoms with E-state index in [-0.39, 0.29) is 12.6 Å². The Labute approximate surface area is 119 Å². The second-order valence-corrected chi connectivity index (χ2v) is 7.90. The maximum absolute atomic E-state index is 12.4. The van der Waals surface area contributed by atoms with Gasteiger partial charge in [-0.3, -0.25) is 0 Å². The molecule has 0 radical (unpaired) electrons. The first kappa shape index (κ1) is 15.0. The summed E-state index contributed by atoms with van der Waals surface area (Å²) in [4.78, 5) is 1.08. The minimum atomic E-state index is -3.43. The lowest BCUT2D eigenvalue weighted by atomic mass is 9.85. The third-order valence-electron chi connectivity index (χ3n) is 3.88. The molecule has 1 aliphatic rings. The molecule has 1 saturated carbocycles. The largest absolute Gasteiger partial charge is 0.326 e. The van der Waals surface area contributed by atoms with Crippen LogP contribution >= 0.6 is 11.3 Å². The Bertz CT molecular complexity index is 504. The Morgan fingerprint density at radius 2 is 2.11 bits per heavy atom. The lowest BCUT2D eigenvalue weighted by Gasteiger charge is -2.28. The molecular formula is C13H22N2O2S2. The predicted molar refractivity (Wildman–Crippen MR) is 78.6 cm³/mol. The van der Waals surface area contributed by atoms with Crippen molar-refractivity contribution in [2.45, 2.75) is 56.5 Å². The molecule has 2 rings (SSSR count). The van der Waals surface area contributed by atoms with Crippen LogP contribution in [0.15, 0.2) is 16.3 Å². The second-order valence-electron chi connectivity index (χ2n) is 5.22. The standard InChI is InChI=1S/C13H22N2O2S2/c1-10(11-5-3-2-4-6-11)15-19(16,17)13-7-8-18-12(13)9-14/h7-8,10-11,15H,2-6,9,14H2,1H3. The normalized spacial score (nSPS) is 19.5. The highest BCUT2D eigenvalue weighted by Crippen LogP contribution is 2.28. The molecule has 1 heterocycles. The molecule has 1 aromatic rings. The molecule has 0 saturated heterocycles. The van der Waals surface area contributed by atoms with Crippen LogP contribution in [0.2, 0.25) is 0 Å². The average molecular weight is 302 g/mol. The summed E-state index contributed by atoms with van der Waals surface area (Å²) >= 11 is 1.39. The van der Waals surface area contributed by atoms with E-state index in [1.54, 1.807) is 11.4 Å². The molecule has 0 bridgehead atoms. The van der Waals surface area contributed by atoms with Crippen molar-refractivity contribution < 1.29 is 8.42 Å². The van der Waals surface area contributed by atoms with E-state index in [0.717, 1.165) is 17.7 Å². The lowest BCUT2D eigenvalue weighted by Crippen LogP contribution is -2.39. The zero-order valence-corrected chi connectivity index (χ0v) is 12.9. The topological polar surface area (TPSA) is 72.2 Å². The summed E-state index contributed by atoms with van der Waals surface area (Å²) in [6.45, 7) is 2.24. The van der Waals surface area contributed by atoms with Crippen LogP contribution in [-0.2, 0) is 16.6 Å². The Kier molecular flexibility index (Phi) is 5.00. The van der Waals surface area contributed by atoms with Gasteiger partial charge in [0.25, 0.3) is 0 Å². The van der Waals surface area contributed by atoms with E-state index in [2.05, 4.69) is 4.72 Å². The summed E-state index contributed by atoms with van der Waals surface area (Å²) in [6, 6.07) is 1.64. The van der Waals surface area contributed by atoms with Gasteiger partial charge in [0.2, 0.25) is 10.0 Å². The van der Waals surface area contributed by atoms with Crippen LogP contribution in [0.5, 0.6) is 0 Å². The van der Waals surface area contributed by atoms with Crippen molar-refractivity contribution in [2.75, 3.05) is 0 Å². The lowest BCUT2D eigenvalue weighted by molar-refractivity contribution is 0.303. The maximum atomic E-state index is 12.4. The smallest absolute Gasteiger partial charge is 0.241 e. The van der Waals surface area contributed by atoms with Gasteiger partial charge in [0.1, 0.15) is 0 Å². The van der Waals surface area contributed by atoms with Crippen LogP contribution in [0.3, 0.4) is 0 Å². The minimum Gasteiger partial charge on any atom is -0.326 e. The zero-order valence-electron chi connectivity index (χ0n) is 11.3. The van der Waals surface area contributed by atoms with Gasteiger partial charge in [-0.2, -0.15) is 0 Å². The molecule has 1 aliphatic carbocycles. The number of nitrogens with one attached hydrogen (secondary N) is 1. The van der Waals surface area contributed by atoms with Gasteiger partial charge in [0, 0.05) is 17.5 Å². The van der Waals surface area contributed by atoms with Gasteiger partial charge >= 0.3 is 0 Å². The van der Waals surface area contributed by atoms with E-state index in [4.69, 9.17) is 5.73 Å². The number of thiophene rings is 1. The van der Waals surface area contributed by atoms with Gasteiger partial charge in [0.15, 0.2) is 0 Å². The molecular weight excluding hydrogens is 280 g/mol. The highest BCUT2D eigenvalue weighted by atomic mass is 32.2. The minimum absolute atomic E-state index is 0.00387. The van der Waals surface area contributed by atoms with Crippen LogP contribution in [-0.4, -0.2) is 14.5 Å². The Hall–Kier alpha value is -0.430. The van der Waals surface area contributed by atoms with Crippen molar-refractivity contribution in [2.24, 2.45) is 11.7 Å². The van der Waals surface area contributed by atoms with E-state index in [9.17, 15) is 8.42 Å². The third-order valence-corrected chi connectivity index (χ3v) is 6.59. The van der Waals surface area contributed by atoms with Gasteiger partial charge in [-0.1, -0.05) is 19.3 Å². The Balaban J connectivity index is 2.08. The predicted octanol–water partition coefficient (Wildman–Crippen LogP) is 2.45. The number of sulfonamides is 1. The molecule has 1 fully saturated rings. The summed E-state index contributed by atoms with van der Waals surface area (Å²) in [7, 11) is -3.43. The van der Waals surface area contributed by atoms with Crippen molar-refractivity contribution in [1.82, 2.24) is 4.72 Å². The maximum Gasteiger partial charge on any atom is 0.241 e. The molecule has 0 amide bonds. The van der Waals surface area contributed by atoms with Crippen LogP contribution in [0.25, 0.3) is 0 Å². The number of rotatable bonds is 5. The summed E-state index contributed by atoms with van der Waals surface area (Å²) in [5.41, 5.74) is 5.58. The van der Waals surface area contributed by atoms with E-state index in [1.165, 1.54) is 30.6 Å². The quantitative estimate of drug-likeness (QED) is 0.877. The average Bonchev–Trinajstić information content (AvgIpc) is 2.88. The fourth-order valence-electron chi connectivity index (χ4n) is 2.76. The highest BCUT2D eigenvalue weighted by Gasteiger charge is 2.26. The molecule has 19 heavy (non-hydrogen) atoms. The van der Waals surface area contributed by atoms with Crippen molar-refractivity contribution >= 4 is 21.4 Å². The van der Waals surface area contributed by atoms with Crippen LogP contribution in [0.4, 0.5) is 0 Å². The second kappa shape index (κ2) is 6.35. The van der Waals surface area contributed by atoms with E-state index in [0.29, 0.717) is 10.8 Å². The van der Waals surface area contributed by atoms with E-state index in [1.807, 2.05) is 6.92 Å². The first-order chi connectivity index (χ1) is 9.04. The van der Waals surface area contributed by atoms with Crippen LogP contribution in [0.1, 0.15) is 43.9 Å². The summed E-state index contributed by atoms with van der Waals surface area (Å²) in [5, 5.41) is 1.78. The van der Waals surface area contributed by atoms with Gasteiger partial charge < -0.3 is 5.73 Å². The summed E-state index contributed by atoms with van der Waals surface area (Å²) in [6.07, 6.45) is 5.94. The molecule has 1 unspecified atom stereocenters. The summed E-state index contributed by atoms with van der Waals surface area (Å²) in [5.74, 6) is 0.462. The van der Waals surface area contributed by atoms with Crippen molar-refractivity contribution in [3.05, 3.63) is 16.3 Å². The summed E-state index contributed by atoms with van der Waals surface area (Å²) < 4.78 is 27.6. The Morgan fingerprint density at radius 1 is 1.42 bits per heavy atom. The first-order valence-electron chi connectivity index (χ1n) is 6.83. The zero-order chi connectivity index (χ0) is 13.9. The molecule has 1 aromatic heterocycles. The SMILES string of the molecule is CC(NS(=O)(=O)c1ccsc1CN)C1CCCCC1. The monoisotopic (exact) mass is 302 g/mol. The van der Waals surface area contributed by atoms with E-state index < -0.39 is 10.0 Å². The molecule has 0 aromatic carbocycles. The van der Waals surface area contributed by atoms with Crippen molar-refractivity contribution in [3.8, 4) is 0 Å². The van der Waals surface area contributed by atoms with Crippen LogP contribution < -0.4 is 10.5 Å². The van der Waals surface area contributed by atoms with Gasteiger partial charge in [-0.25, -0.2) is 13.1 Å². The van der Waals surface area contributed by atoms with Crippen molar-refractivity contribution in [3.63, 3.8) is 0 Å². The number of hydrogen-bond donors (Lipinski definition) is 2.